The van der Waals surface area contributed by atoms with Crippen molar-refractivity contribution in [2.45, 2.75) is 38.4 Å². The molecule has 5 nitrogen and oxygen atoms in total. The molecule has 1 heterocycles. The van der Waals surface area contributed by atoms with E-state index in [1.807, 2.05) is 30.3 Å². The van der Waals surface area contributed by atoms with Crippen LogP contribution < -0.4 is 0 Å². The predicted molar refractivity (Wildman–Crippen MR) is 77.3 cm³/mol. The molecule has 116 valence electrons. The van der Waals surface area contributed by atoms with Gasteiger partial charge in [-0.2, -0.15) is 0 Å². The standard InChI is InChI=1S/C16H22O5/c1-16(2)20-11-15(21-16)14(18)8-13(9-17)19-10-12-6-4-3-5-7-12/h3-8,14-15,17-18H,9-11H2,1-2H3/b13-8+/t14-,15-/m0/s1. The van der Waals surface area contributed by atoms with Gasteiger partial charge in [0, 0.05) is 0 Å². The van der Waals surface area contributed by atoms with Crippen molar-refractivity contribution >= 4 is 0 Å². The molecule has 0 bridgehead atoms. The van der Waals surface area contributed by atoms with Crippen molar-refractivity contribution in [1.29, 1.82) is 0 Å². The number of rotatable bonds is 6. The van der Waals surface area contributed by atoms with Gasteiger partial charge in [0.25, 0.3) is 0 Å². The van der Waals surface area contributed by atoms with Crippen LogP contribution >= 0.6 is 0 Å². The van der Waals surface area contributed by atoms with Crippen molar-refractivity contribution in [3.05, 3.63) is 47.7 Å². The van der Waals surface area contributed by atoms with Crippen molar-refractivity contribution in [3.63, 3.8) is 0 Å². The molecular formula is C16H22O5. The smallest absolute Gasteiger partial charge is 0.163 e. The van der Waals surface area contributed by atoms with Gasteiger partial charge in [-0.15, -0.1) is 0 Å². The van der Waals surface area contributed by atoms with Crippen LogP contribution in [0.15, 0.2) is 42.2 Å². The number of ether oxygens (including phenoxy) is 3. The molecule has 0 radical (unpaired) electrons. The number of aliphatic hydroxyl groups excluding tert-OH is 2. The van der Waals surface area contributed by atoms with E-state index < -0.39 is 18.0 Å². The van der Waals surface area contributed by atoms with E-state index in [-0.39, 0.29) is 6.61 Å². The van der Waals surface area contributed by atoms with Crippen LogP contribution in [0.2, 0.25) is 0 Å². The van der Waals surface area contributed by atoms with Gasteiger partial charge in [-0.1, -0.05) is 30.3 Å². The Morgan fingerprint density at radius 2 is 2.14 bits per heavy atom. The van der Waals surface area contributed by atoms with Crippen LogP contribution in [0.5, 0.6) is 0 Å². The van der Waals surface area contributed by atoms with Crippen molar-refractivity contribution < 1.29 is 24.4 Å². The Balaban J connectivity index is 1.90. The maximum atomic E-state index is 10.1. The Labute approximate surface area is 124 Å². The van der Waals surface area contributed by atoms with E-state index in [2.05, 4.69) is 0 Å². The lowest BCUT2D eigenvalue weighted by Gasteiger charge is -2.19. The molecule has 1 saturated heterocycles. The van der Waals surface area contributed by atoms with Gasteiger partial charge in [-0.05, 0) is 25.5 Å². The van der Waals surface area contributed by atoms with Crippen LogP contribution in [0.3, 0.4) is 0 Å². The van der Waals surface area contributed by atoms with Gasteiger partial charge in [0.05, 0.1) is 6.61 Å². The Morgan fingerprint density at radius 3 is 2.71 bits per heavy atom. The molecule has 2 N–H and O–H groups in total. The summed E-state index contributed by atoms with van der Waals surface area (Å²) < 4.78 is 16.5. The summed E-state index contributed by atoms with van der Waals surface area (Å²) in [5, 5.41) is 19.4. The monoisotopic (exact) mass is 294 g/mol. The molecule has 0 aliphatic carbocycles. The quantitative estimate of drug-likeness (QED) is 0.780. The highest BCUT2D eigenvalue weighted by molar-refractivity contribution is 5.14. The number of aliphatic hydroxyl groups is 2. The first kappa shape index (κ1) is 16.0. The fourth-order valence-electron chi connectivity index (χ4n) is 2.08. The Bertz CT molecular complexity index is 469. The van der Waals surface area contributed by atoms with Gasteiger partial charge in [0.1, 0.15) is 31.2 Å². The summed E-state index contributed by atoms with van der Waals surface area (Å²) in [6, 6.07) is 9.63. The molecule has 0 spiro atoms. The van der Waals surface area contributed by atoms with Crippen LogP contribution in [-0.2, 0) is 20.8 Å². The molecule has 5 heteroatoms. The first-order chi connectivity index (χ1) is 10.00. The summed E-state index contributed by atoms with van der Waals surface area (Å²) in [4.78, 5) is 0. The van der Waals surface area contributed by atoms with Gasteiger partial charge < -0.3 is 24.4 Å². The molecular weight excluding hydrogens is 272 g/mol. The van der Waals surface area contributed by atoms with Crippen molar-refractivity contribution in [1.82, 2.24) is 0 Å². The molecule has 0 amide bonds. The van der Waals surface area contributed by atoms with Crippen molar-refractivity contribution in [3.8, 4) is 0 Å². The molecule has 2 atom stereocenters. The van der Waals surface area contributed by atoms with Crippen molar-refractivity contribution in [2.75, 3.05) is 13.2 Å². The maximum Gasteiger partial charge on any atom is 0.163 e. The number of hydrogen-bond acceptors (Lipinski definition) is 5. The van der Waals surface area contributed by atoms with E-state index in [0.29, 0.717) is 19.0 Å². The van der Waals surface area contributed by atoms with E-state index in [1.165, 1.54) is 6.08 Å². The van der Waals surface area contributed by atoms with E-state index in [9.17, 15) is 10.2 Å². The summed E-state index contributed by atoms with van der Waals surface area (Å²) in [6.45, 7) is 3.96. The molecule has 0 unspecified atom stereocenters. The van der Waals surface area contributed by atoms with E-state index in [4.69, 9.17) is 14.2 Å². The fourth-order valence-corrected chi connectivity index (χ4v) is 2.08. The minimum Gasteiger partial charge on any atom is -0.491 e. The predicted octanol–water partition coefficient (Wildman–Crippen LogP) is 1.59. The highest BCUT2D eigenvalue weighted by atomic mass is 16.7. The number of benzene rings is 1. The van der Waals surface area contributed by atoms with Gasteiger partial charge in [0.15, 0.2) is 5.79 Å². The second-order valence-corrected chi connectivity index (χ2v) is 5.42. The Kier molecular flexibility index (Phi) is 5.36. The second kappa shape index (κ2) is 7.04. The van der Waals surface area contributed by atoms with Crippen molar-refractivity contribution in [2.24, 2.45) is 0 Å². The molecule has 1 aromatic rings. The lowest BCUT2D eigenvalue weighted by Crippen LogP contribution is -2.29. The summed E-state index contributed by atoms with van der Waals surface area (Å²) >= 11 is 0. The third kappa shape index (κ3) is 4.82. The second-order valence-electron chi connectivity index (χ2n) is 5.42. The van der Waals surface area contributed by atoms with Crippen LogP contribution in [0.1, 0.15) is 19.4 Å². The van der Waals surface area contributed by atoms with E-state index >= 15 is 0 Å². The minimum absolute atomic E-state index is 0.277. The molecule has 2 rings (SSSR count). The maximum absolute atomic E-state index is 10.1. The Morgan fingerprint density at radius 1 is 1.43 bits per heavy atom. The largest absolute Gasteiger partial charge is 0.491 e. The lowest BCUT2D eigenvalue weighted by atomic mass is 10.2. The molecule has 1 fully saturated rings. The van der Waals surface area contributed by atoms with Gasteiger partial charge in [0.2, 0.25) is 0 Å². The van der Waals surface area contributed by atoms with Crippen LogP contribution in [0.4, 0.5) is 0 Å². The third-order valence-corrected chi connectivity index (χ3v) is 3.19. The number of hydrogen-bond donors (Lipinski definition) is 2. The fraction of sp³-hybridized carbons (Fsp3) is 0.500. The summed E-state index contributed by atoms with van der Waals surface area (Å²) in [6.07, 6.45) is 0.129. The van der Waals surface area contributed by atoms with E-state index in [1.54, 1.807) is 13.8 Å². The molecule has 0 saturated carbocycles. The molecule has 1 aliphatic heterocycles. The van der Waals surface area contributed by atoms with Gasteiger partial charge in [-0.3, -0.25) is 0 Å². The molecule has 0 aromatic heterocycles. The average Bonchev–Trinajstić information content (AvgIpc) is 2.84. The summed E-state index contributed by atoms with van der Waals surface area (Å²) in [5.41, 5.74) is 0.993. The van der Waals surface area contributed by atoms with E-state index in [0.717, 1.165) is 5.56 Å². The van der Waals surface area contributed by atoms with Gasteiger partial charge >= 0.3 is 0 Å². The van der Waals surface area contributed by atoms with Crippen LogP contribution in [0, 0.1) is 0 Å². The highest BCUT2D eigenvalue weighted by Crippen LogP contribution is 2.25. The lowest BCUT2D eigenvalue weighted by molar-refractivity contribution is -0.147. The van der Waals surface area contributed by atoms with Crippen LogP contribution in [0.25, 0.3) is 0 Å². The minimum atomic E-state index is -0.885. The average molecular weight is 294 g/mol. The molecule has 21 heavy (non-hydrogen) atoms. The summed E-state index contributed by atoms with van der Waals surface area (Å²) in [5.74, 6) is -0.372. The van der Waals surface area contributed by atoms with Gasteiger partial charge in [-0.25, -0.2) is 0 Å². The first-order valence-corrected chi connectivity index (χ1v) is 6.98. The zero-order chi connectivity index (χ0) is 15.3. The zero-order valence-corrected chi connectivity index (χ0v) is 12.4. The normalized spacial score (nSPS) is 23.0. The Hall–Kier alpha value is -1.40. The highest BCUT2D eigenvalue weighted by Gasteiger charge is 2.36. The first-order valence-electron chi connectivity index (χ1n) is 6.98. The molecule has 1 aliphatic rings. The molecule has 1 aromatic carbocycles. The topological polar surface area (TPSA) is 68.2 Å². The summed E-state index contributed by atoms with van der Waals surface area (Å²) in [7, 11) is 0. The SMILES string of the molecule is CC1(C)OC[C@@H]([C@@H](O)/C=C(\CO)OCc2ccccc2)O1. The third-order valence-electron chi connectivity index (χ3n) is 3.19. The van der Waals surface area contributed by atoms with Crippen LogP contribution in [-0.4, -0.2) is 41.4 Å². The zero-order valence-electron chi connectivity index (χ0n) is 12.4.